The van der Waals surface area contributed by atoms with Crippen molar-refractivity contribution in [2.24, 2.45) is 0 Å². The highest BCUT2D eigenvalue weighted by Gasteiger charge is 2.53. The van der Waals surface area contributed by atoms with Crippen LogP contribution in [0.3, 0.4) is 0 Å². The molecule has 0 saturated heterocycles. The Balaban J connectivity index is 1.56. The van der Waals surface area contributed by atoms with E-state index in [2.05, 4.69) is 102 Å². The molecule has 7 aromatic rings. The van der Waals surface area contributed by atoms with E-state index in [4.69, 9.17) is 4.74 Å². The normalized spacial score (nSPS) is 13.7. The number of carbonyl (C=O) groups is 1. The largest absolute Gasteiger partial charge is 0.440 e. The minimum atomic E-state index is -1.26. The number of aromatic nitrogens is 2. The van der Waals surface area contributed by atoms with E-state index in [0.717, 1.165) is 79.8 Å². The Kier molecular flexibility index (Phi) is 6.35. The van der Waals surface area contributed by atoms with Gasteiger partial charge < -0.3 is 19.6 Å². The van der Waals surface area contributed by atoms with Gasteiger partial charge in [0.05, 0.1) is 17.0 Å². The molecule has 5 aromatic carbocycles. The summed E-state index contributed by atoms with van der Waals surface area (Å²) in [5, 5.41) is 2.02. The lowest BCUT2D eigenvalue weighted by molar-refractivity contribution is 0.0263. The van der Waals surface area contributed by atoms with Crippen LogP contribution in [0.2, 0.25) is 0 Å². The number of ether oxygens (including phenoxy) is 1. The fraction of sp³-hybridized carbons (Fsp3) is 0.125. The van der Waals surface area contributed by atoms with Gasteiger partial charge in [0.1, 0.15) is 0 Å². The number of anilines is 1. The van der Waals surface area contributed by atoms with Gasteiger partial charge in [-0.25, -0.2) is 4.79 Å². The van der Waals surface area contributed by atoms with Crippen LogP contribution < -0.4 is 4.90 Å². The Labute approximate surface area is 262 Å². The first kappa shape index (κ1) is 27.0. The predicted octanol–water partition coefficient (Wildman–Crippen LogP) is 9.29. The average molecular weight is 588 g/mol. The van der Waals surface area contributed by atoms with Crippen molar-refractivity contribution in [2.45, 2.75) is 19.4 Å². The summed E-state index contributed by atoms with van der Waals surface area (Å²) in [7, 11) is 0. The number of para-hydroxylation sites is 2. The molecule has 0 spiro atoms. The lowest BCUT2D eigenvalue weighted by atomic mass is 9.75. The van der Waals surface area contributed by atoms with Crippen molar-refractivity contribution in [3.05, 3.63) is 150 Å². The van der Waals surface area contributed by atoms with Gasteiger partial charge in [-0.3, -0.25) is 0 Å². The Bertz CT molecular complexity index is 2070. The van der Waals surface area contributed by atoms with Gasteiger partial charge in [-0.05, 0) is 49.2 Å². The fourth-order valence-corrected chi connectivity index (χ4v) is 7.20. The highest BCUT2D eigenvalue weighted by molar-refractivity contribution is 6.04. The third-order valence-electron chi connectivity index (χ3n) is 9.22. The van der Waals surface area contributed by atoms with Crippen LogP contribution in [0.15, 0.2) is 127 Å². The number of H-pyrrole nitrogens is 2. The summed E-state index contributed by atoms with van der Waals surface area (Å²) >= 11 is 0. The van der Waals surface area contributed by atoms with Crippen LogP contribution in [0.1, 0.15) is 40.9 Å². The molecule has 0 saturated carbocycles. The zero-order valence-electron chi connectivity index (χ0n) is 25.3. The number of cyclic esters (lactones) is 1. The second-order valence-electron chi connectivity index (χ2n) is 11.5. The molecule has 0 amide bonds. The second-order valence-corrected chi connectivity index (χ2v) is 11.5. The van der Waals surface area contributed by atoms with Crippen LogP contribution in [0.5, 0.6) is 0 Å². The van der Waals surface area contributed by atoms with Gasteiger partial charge in [0.15, 0.2) is 5.60 Å². The summed E-state index contributed by atoms with van der Waals surface area (Å²) in [6.07, 6.45) is 0. The number of esters is 1. The smallest absolute Gasteiger partial charge is 0.340 e. The van der Waals surface area contributed by atoms with Crippen molar-refractivity contribution in [1.29, 1.82) is 0 Å². The zero-order valence-corrected chi connectivity index (χ0v) is 25.3. The van der Waals surface area contributed by atoms with E-state index in [1.54, 1.807) is 0 Å². The van der Waals surface area contributed by atoms with E-state index in [1.165, 1.54) is 0 Å². The second kappa shape index (κ2) is 10.6. The van der Waals surface area contributed by atoms with Crippen LogP contribution in [-0.4, -0.2) is 29.0 Å². The van der Waals surface area contributed by atoms with Crippen LogP contribution in [0.25, 0.3) is 44.3 Å². The fourth-order valence-electron chi connectivity index (χ4n) is 7.20. The molecular weight excluding hydrogens is 554 g/mol. The van der Waals surface area contributed by atoms with Crippen LogP contribution in [0, 0.1) is 0 Å². The number of benzene rings is 5. The molecular formula is C40H33N3O2. The SMILES string of the molecule is CCN(CC)c1ccc2c(c1)C(=O)OC2(c1c(-c2ccccc2)[nH]c2ccccc12)c1c(-c2ccccc2)[nH]c2ccccc12. The summed E-state index contributed by atoms with van der Waals surface area (Å²) in [6.45, 7) is 5.96. The summed E-state index contributed by atoms with van der Waals surface area (Å²) in [5.41, 5.74) is 8.89. The Morgan fingerprint density at radius 3 is 1.62 bits per heavy atom. The molecule has 45 heavy (non-hydrogen) atoms. The Morgan fingerprint density at radius 1 is 0.622 bits per heavy atom. The van der Waals surface area contributed by atoms with Gasteiger partial charge in [-0.1, -0.05) is 103 Å². The molecule has 2 N–H and O–H groups in total. The number of fused-ring (bicyclic) bond motifs is 3. The molecule has 3 heterocycles. The average Bonchev–Trinajstić information content (AvgIpc) is 3.76. The maximum atomic E-state index is 14.3. The maximum Gasteiger partial charge on any atom is 0.340 e. The molecule has 0 bridgehead atoms. The quantitative estimate of drug-likeness (QED) is 0.183. The van der Waals surface area contributed by atoms with Gasteiger partial charge in [0.25, 0.3) is 0 Å². The number of nitrogens with zero attached hydrogens (tertiary/aromatic N) is 1. The van der Waals surface area contributed by atoms with Crippen molar-refractivity contribution < 1.29 is 9.53 Å². The van der Waals surface area contributed by atoms with E-state index in [9.17, 15) is 4.79 Å². The van der Waals surface area contributed by atoms with Crippen molar-refractivity contribution in [2.75, 3.05) is 18.0 Å². The van der Waals surface area contributed by atoms with Crippen LogP contribution >= 0.6 is 0 Å². The molecule has 0 aliphatic carbocycles. The number of hydrogen-bond donors (Lipinski definition) is 2. The summed E-state index contributed by atoms with van der Waals surface area (Å²) in [4.78, 5) is 24.1. The minimum Gasteiger partial charge on any atom is -0.440 e. The summed E-state index contributed by atoms with van der Waals surface area (Å²) < 4.78 is 6.95. The third-order valence-corrected chi connectivity index (χ3v) is 9.22. The van der Waals surface area contributed by atoms with Crippen molar-refractivity contribution in [3.8, 4) is 22.5 Å². The monoisotopic (exact) mass is 587 g/mol. The number of rotatable bonds is 7. The number of nitrogens with one attached hydrogen (secondary N) is 2. The molecule has 2 aromatic heterocycles. The van der Waals surface area contributed by atoms with Crippen LogP contribution in [-0.2, 0) is 10.3 Å². The Morgan fingerprint density at radius 2 is 1.11 bits per heavy atom. The first-order chi connectivity index (χ1) is 22.1. The molecule has 5 nitrogen and oxygen atoms in total. The first-order valence-corrected chi connectivity index (χ1v) is 15.6. The van der Waals surface area contributed by atoms with Gasteiger partial charge >= 0.3 is 5.97 Å². The number of carbonyl (C=O) groups excluding carboxylic acids is 1. The first-order valence-electron chi connectivity index (χ1n) is 15.6. The summed E-state index contributed by atoms with van der Waals surface area (Å²) in [5.74, 6) is -0.326. The van der Waals surface area contributed by atoms with E-state index >= 15 is 0 Å². The molecule has 0 unspecified atom stereocenters. The van der Waals surface area contributed by atoms with Crippen LogP contribution in [0.4, 0.5) is 5.69 Å². The molecule has 5 heteroatoms. The zero-order chi connectivity index (χ0) is 30.5. The molecule has 0 atom stereocenters. The lowest BCUT2D eigenvalue weighted by Crippen LogP contribution is -2.30. The highest BCUT2D eigenvalue weighted by Crippen LogP contribution is 2.56. The molecule has 1 aliphatic rings. The van der Waals surface area contributed by atoms with E-state index < -0.39 is 5.60 Å². The standard InChI is InChI=1S/C40H33N3O2/c1-3-43(4-2)28-23-24-32-31(25-28)39(44)45-40(32,35-29-19-11-13-21-33(29)41-37(35)26-15-7-5-8-16-26)36-30-20-12-14-22-34(30)42-38(36)27-17-9-6-10-18-27/h5-25,41-42H,3-4H2,1-2H3. The lowest BCUT2D eigenvalue weighted by Gasteiger charge is -2.32. The van der Waals surface area contributed by atoms with Crippen molar-refractivity contribution >= 4 is 33.5 Å². The topological polar surface area (TPSA) is 61.1 Å². The molecule has 1 aliphatic heterocycles. The third kappa shape index (κ3) is 4.04. The molecule has 0 fully saturated rings. The van der Waals surface area contributed by atoms with Gasteiger partial charge in [-0.2, -0.15) is 0 Å². The number of aromatic amines is 2. The maximum absolute atomic E-state index is 14.3. The molecule has 220 valence electrons. The highest BCUT2D eigenvalue weighted by atomic mass is 16.6. The molecule has 8 rings (SSSR count). The van der Waals surface area contributed by atoms with Gasteiger partial charge in [0, 0.05) is 57.3 Å². The van der Waals surface area contributed by atoms with E-state index in [0.29, 0.717) is 5.56 Å². The Hall–Kier alpha value is -5.55. The summed E-state index contributed by atoms with van der Waals surface area (Å²) in [6, 6.07) is 43.5. The van der Waals surface area contributed by atoms with E-state index in [-0.39, 0.29) is 5.97 Å². The van der Waals surface area contributed by atoms with Crippen molar-refractivity contribution in [3.63, 3.8) is 0 Å². The molecule has 0 radical (unpaired) electrons. The minimum absolute atomic E-state index is 0.326. The van der Waals surface area contributed by atoms with Gasteiger partial charge in [-0.15, -0.1) is 0 Å². The van der Waals surface area contributed by atoms with Gasteiger partial charge in [0.2, 0.25) is 0 Å². The number of hydrogen-bond acceptors (Lipinski definition) is 3. The van der Waals surface area contributed by atoms with Crippen molar-refractivity contribution in [1.82, 2.24) is 9.97 Å². The van der Waals surface area contributed by atoms with E-state index in [1.807, 2.05) is 54.6 Å². The predicted molar refractivity (Wildman–Crippen MR) is 183 cm³/mol.